The van der Waals surface area contributed by atoms with Crippen LogP contribution in [-0.4, -0.2) is 23.9 Å². The Labute approximate surface area is 167 Å². The van der Waals surface area contributed by atoms with Crippen LogP contribution in [-0.2, 0) is 6.54 Å². The monoisotopic (exact) mass is 395 g/mol. The molecule has 0 aliphatic heterocycles. The largest absolute Gasteiger partial charge is 0.495 e. The molecule has 3 rings (SSSR count). The van der Waals surface area contributed by atoms with Crippen molar-refractivity contribution in [1.29, 1.82) is 0 Å². The van der Waals surface area contributed by atoms with Crippen molar-refractivity contribution in [3.05, 3.63) is 88.7 Å². The van der Waals surface area contributed by atoms with Gasteiger partial charge in [0.15, 0.2) is 0 Å². The van der Waals surface area contributed by atoms with Crippen LogP contribution in [0.3, 0.4) is 0 Å². The summed E-state index contributed by atoms with van der Waals surface area (Å²) in [5.74, 6) is -0.272. The Bertz CT molecular complexity index is 990. The van der Waals surface area contributed by atoms with Crippen LogP contribution < -0.4 is 15.4 Å². The van der Waals surface area contributed by atoms with Gasteiger partial charge in [-0.15, -0.1) is 0 Å². The van der Waals surface area contributed by atoms with Gasteiger partial charge in [-0.05, 0) is 42.0 Å². The van der Waals surface area contributed by atoms with E-state index in [0.29, 0.717) is 23.0 Å². The van der Waals surface area contributed by atoms with Crippen LogP contribution in [0.1, 0.15) is 26.5 Å². The van der Waals surface area contributed by atoms with Crippen molar-refractivity contribution in [2.24, 2.45) is 0 Å². The number of nitrogens with zero attached hydrogens (tertiary/aromatic N) is 1. The first-order valence-corrected chi connectivity index (χ1v) is 8.88. The highest BCUT2D eigenvalue weighted by atomic mass is 35.5. The van der Waals surface area contributed by atoms with Crippen LogP contribution in [0.15, 0.2) is 66.7 Å². The predicted molar refractivity (Wildman–Crippen MR) is 108 cm³/mol. The van der Waals surface area contributed by atoms with Gasteiger partial charge in [-0.25, -0.2) is 4.98 Å². The fourth-order valence-electron chi connectivity index (χ4n) is 2.50. The highest BCUT2D eigenvalue weighted by molar-refractivity contribution is 6.30. The molecule has 6 nitrogen and oxygen atoms in total. The number of anilines is 1. The molecule has 0 fully saturated rings. The summed E-state index contributed by atoms with van der Waals surface area (Å²) in [6, 6.07) is 18.9. The van der Waals surface area contributed by atoms with Crippen molar-refractivity contribution < 1.29 is 14.3 Å². The van der Waals surface area contributed by atoms with Crippen molar-refractivity contribution in [1.82, 2.24) is 10.3 Å². The van der Waals surface area contributed by atoms with E-state index in [0.717, 1.165) is 5.56 Å². The van der Waals surface area contributed by atoms with E-state index in [-0.39, 0.29) is 17.3 Å². The van der Waals surface area contributed by atoms with Crippen molar-refractivity contribution in [2.45, 2.75) is 6.54 Å². The number of aromatic nitrogens is 1. The van der Waals surface area contributed by atoms with Crippen LogP contribution in [0.5, 0.6) is 5.75 Å². The second kappa shape index (κ2) is 9.01. The Morgan fingerprint density at radius 2 is 1.61 bits per heavy atom. The minimum Gasteiger partial charge on any atom is -0.495 e. The molecule has 28 heavy (non-hydrogen) atoms. The molecular weight excluding hydrogens is 378 g/mol. The van der Waals surface area contributed by atoms with E-state index in [1.54, 1.807) is 54.6 Å². The number of benzene rings is 2. The smallest absolute Gasteiger partial charge is 0.274 e. The lowest BCUT2D eigenvalue weighted by Gasteiger charge is -2.10. The Morgan fingerprint density at radius 1 is 0.929 bits per heavy atom. The predicted octanol–water partition coefficient (Wildman–Crippen LogP) is 3.93. The third-order valence-electron chi connectivity index (χ3n) is 3.94. The molecule has 0 unspecified atom stereocenters. The fourth-order valence-corrected chi connectivity index (χ4v) is 2.62. The van der Waals surface area contributed by atoms with Gasteiger partial charge in [-0.1, -0.05) is 41.9 Å². The summed E-state index contributed by atoms with van der Waals surface area (Å²) in [7, 11) is 1.52. The van der Waals surface area contributed by atoms with Crippen LogP contribution in [0, 0.1) is 0 Å². The van der Waals surface area contributed by atoms with E-state index in [4.69, 9.17) is 16.3 Å². The Hall–Kier alpha value is -3.38. The number of halogens is 1. The second-order valence-electron chi connectivity index (χ2n) is 5.87. The van der Waals surface area contributed by atoms with Crippen molar-refractivity contribution >= 4 is 29.1 Å². The molecule has 1 heterocycles. The van der Waals surface area contributed by atoms with Gasteiger partial charge in [0.25, 0.3) is 11.8 Å². The summed E-state index contributed by atoms with van der Waals surface area (Å²) in [5, 5.41) is 6.14. The molecule has 0 atom stereocenters. The number of methoxy groups -OCH3 is 1. The first-order chi connectivity index (χ1) is 13.6. The first-order valence-electron chi connectivity index (χ1n) is 8.51. The Balaban J connectivity index is 1.68. The number of pyridine rings is 1. The highest BCUT2D eigenvalue weighted by Crippen LogP contribution is 2.23. The molecular formula is C21H18ClN3O3. The van der Waals surface area contributed by atoms with E-state index < -0.39 is 5.91 Å². The topological polar surface area (TPSA) is 80.3 Å². The van der Waals surface area contributed by atoms with Gasteiger partial charge in [0.1, 0.15) is 17.1 Å². The molecule has 0 saturated carbocycles. The molecule has 142 valence electrons. The molecule has 2 amide bonds. The zero-order valence-corrected chi connectivity index (χ0v) is 15.9. The lowest BCUT2D eigenvalue weighted by atomic mass is 10.2. The second-order valence-corrected chi connectivity index (χ2v) is 6.31. The van der Waals surface area contributed by atoms with Crippen LogP contribution in [0.4, 0.5) is 5.69 Å². The minimum absolute atomic E-state index is 0.130. The molecule has 7 heteroatoms. The maximum atomic E-state index is 12.5. The Morgan fingerprint density at radius 3 is 2.32 bits per heavy atom. The molecule has 0 aliphatic carbocycles. The van der Waals surface area contributed by atoms with Gasteiger partial charge in [0.2, 0.25) is 0 Å². The summed E-state index contributed by atoms with van der Waals surface area (Å²) in [5.41, 5.74) is 1.71. The zero-order chi connectivity index (χ0) is 19.9. The quantitative estimate of drug-likeness (QED) is 0.662. The molecule has 0 bridgehead atoms. The molecule has 0 radical (unpaired) electrons. The molecule has 0 aliphatic rings. The minimum atomic E-state index is -0.433. The highest BCUT2D eigenvalue weighted by Gasteiger charge is 2.14. The maximum Gasteiger partial charge on any atom is 0.274 e. The standard InChI is InChI=1S/C21H18ClN3O3/c1-28-19-8-3-2-5-16(19)25-21(27)18-7-4-6-17(24-18)20(26)23-13-14-9-11-15(22)12-10-14/h2-12H,13H2,1H3,(H,23,26)(H,25,27). The fraction of sp³-hybridized carbons (Fsp3) is 0.0952. The normalized spacial score (nSPS) is 10.2. The van der Waals surface area contributed by atoms with Crippen molar-refractivity contribution in [3.8, 4) is 5.75 Å². The number of amides is 2. The molecule has 3 aromatic rings. The van der Waals surface area contributed by atoms with E-state index in [1.165, 1.54) is 7.11 Å². The number of rotatable bonds is 6. The van der Waals surface area contributed by atoms with Crippen LogP contribution in [0.25, 0.3) is 0 Å². The van der Waals surface area contributed by atoms with E-state index in [1.807, 2.05) is 12.1 Å². The number of para-hydroxylation sites is 2. The van der Waals surface area contributed by atoms with Gasteiger partial charge < -0.3 is 15.4 Å². The third kappa shape index (κ3) is 4.86. The molecule has 2 N–H and O–H groups in total. The number of carbonyl (C=O) groups excluding carboxylic acids is 2. The Kier molecular flexibility index (Phi) is 6.24. The summed E-state index contributed by atoms with van der Waals surface area (Å²) in [4.78, 5) is 29.0. The maximum absolute atomic E-state index is 12.5. The van der Waals surface area contributed by atoms with Gasteiger partial charge in [-0.3, -0.25) is 9.59 Å². The molecule has 0 saturated heterocycles. The number of hydrogen-bond donors (Lipinski definition) is 2. The molecule has 0 spiro atoms. The van der Waals surface area contributed by atoms with E-state index in [2.05, 4.69) is 15.6 Å². The lowest BCUT2D eigenvalue weighted by Crippen LogP contribution is -2.25. The summed E-state index contributed by atoms with van der Waals surface area (Å²) in [6.45, 7) is 0.329. The average Bonchev–Trinajstić information content (AvgIpc) is 2.73. The van der Waals surface area contributed by atoms with Crippen LogP contribution >= 0.6 is 11.6 Å². The average molecular weight is 396 g/mol. The number of carbonyl (C=O) groups is 2. The van der Waals surface area contributed by atoms with Gasteiger partial charge in [0, 0.05) is 11.6 Å². The van der Waals surface area contributed by atoms with E-state index >= 15 is 0 Å². The van der Waals surface area contributed by atoms with Gasteiger partial charge >= 0.3 is 0 Å². The number of hydrogen-bond acceptors (Lipinski definition) is 4. The van der Waals surface area contributed by atoms with Gasteiger partial charge in [-0.2, -0.15) is 0 Å². The zero-order valence-electron chi connectivity index (χ0n) is 15.1. The summed E-state index contributed by atoms with van der Waals surface area (Å²) in [6.07, 6.45) is 0. The molecule has 1 aromatic heterocycles. The number of nitrogens with one attached hydrogen (secondary N) is 2. The first kappa shape index (κ1) is 19.4. The number of ether oxygens (including phenoxy) is 1. The van der Waals surface area contributed by atoms with Crippen molar-refractivity contribution in [2.75, 3.05) is 12.4 Å². The summed E-state index contributed by atoms with van der Waals surface area (Å²) >= 11 is 5.85. The molecule has 2 aromatic carbocycles. The van der Waals surface area contributed by atoms with Crippen LogP contribution in [0.2, 0.25) is 5.02 Å². The van der Waals surface area contributed by atoms with Gasteiger partial charge in [0.05, 0.1) is 12.8 Å². The third-order valence-corrected chi connectivity index (χ3v) is 4.19. The van der Waals surface area contributed by atoms with Crippen molar-refractivity contribution in [3.63, 3.8) is 0 Å². The summed E-state index contributed by atoms with van der Waals surface area (Å²) < 4.78 is 5.22. The lowest BCUT2D eigenvalue weighted by molar-refractivity contribution is 0.0945. The SMILES string of the molecule is COc1ccccc1NC(=O)c1cccc(C(=O)NCc2ccc(Cl)cc2)n1. The van der Waals surface area contributed by atoms with E-state index in [9.17, 15) is 9.59 Å².